The zero-order chi connectivity index (χ0) is 14.8. The minimum absolute atomic E-state index is 0.199. The highest BCUT2D eigenvalue weighted by molar-refractivity contribution is 6.30. The predicted octanol–water partition coefficient (Wildman–Crippen LogP) is 5.36. The van der Waals surface area contributed by atoms with E-state index in [2.05, 4.69) is 31.2 Å². The van der Waals surface area contributed by atoms with Gasteiger partial charge in [0.25, 0.3) is 0 Å². The molecule has 0 saturated heterocycles. The van der Waals surface area contributed by atoms with Gasteiger partial charge in [-0.3, -0.25) is 0 Å². The summed E-state index contributed by atoms with van der Waals surface area (Å²) >= 11 is 12.2. The molecule has 1 aliphatic heterocycles. The second kappa shape index (κ2) is 6.29. The maximum absolute atomic E-state index is 6.17. The average Bonchev–Trinajstić information content (AvgIpc) is 2.86. The van der Waals surface area contributed by atoms with Crippen molar-refractivity contribution in [3.8, 4) is 5.75 Å². The van der Waals surface area contributed by atoms with E-state index in [1.165, 1.54) is 16.7 Å². The number of hydrogen-bond donors (Lipinski definition) is 0. The molecule has 2 unspecified atom stereocenters. The van der Waals surface area contributed by atoms with Crippen LogP contribution in [0.1, 0.15) is 29.0 Å². The maximum atomic E-state index is 6.17. The van der Waals surface area contributed by atoms with E-state index in [0.29, 0.717) is 5.88 Å². The van der Waals surface area contributed by atoms with Crippen molar-refractivity contribution in [1.29, 1.82) is 0 Å². The van der Waals surface area contributed by atoms with Gasteiger partial charge in [0.2, 0.25) is 0 Å². The molecule has 1 heterocycles. The molecule has 1 nitrogen and oxygen atoms in total. The van der Waals surface area contributed by atoms with Gasteiger partial charge in [-0.2, -0.15) is 0 Å². The third kappa shape index (κ3) is 3.36. The highest BCUT2D eigenvalue weighted by atomic mass is 35.5. The van der Waals surface area contributed by atoms with Crippen molar-refractivity contribution in [3.05, 3.63) is 64.2 Å². The Labute approximate surface area is 135 Å². The van der Waals surface area contributed by atoms with Crippen LogP contribution < -0.4 is 4.74 Å². The topological polar surface area (TPSA) is 9.23 Å². The molecule has 3 rings (SSSR count). The van der Waals surface area contributed by atoms with Crippen molar-refractivity contribution in [3.63, 3.8) is 0 Å². The molecule has 2 aromatic rings. The van der Waals surface area contributed by atoms with Crippen LogP contribution in [0.5, 0.6) is 5.75 Å². The van der Waals surface area contributed by atoms with E-state index in [0.717, 1.165) is 23.6 Å². The zero-order valence-corrected chi connectivity index (χ0v) is 13.5. The van der Waals surface area contributed by atoms with E-state index in [9.17, 15) is 0 Å². The van der Waals surface area contributed by atoms with Gasteiger partial charge in [-0.1, -0.05) is 41.4 Å². The Morgan fingerprint density at radius 1 is 1.24 bits per heavy atom. The van der Waals surface area contributed by atoms with E-state index >= 15 is 0 Å². The third-order valence-corrected chi connectivity index (χ3v) is 4.62. The summed E-state index contributed by atoms with van der Waals surface area (Å²) in [6.45, 7) is 2.11. The summed E-state index contributed by atoms with van der Waals surface area (Å²) in [4.78, 5) is 0. The molecule has 21 heavy (non-hydrogen) atoms. The molecule has 0 amide bonds. The average molecular weight is 321 g/mol. The van der Waals surface area contributed by atoms with Crippen molar-refractivity contribution in [2.24, 2.45) is 0 Å². The quantitative estimate of drug-likeness (QED) is 0.688. The van der Waals surface area contributed by atoms with Crippen LogP contribution in [-0.2, 0) is 6.42 Å². The molecule has 0 saturated carbocycles. The summed E-state index contributed by atoms with van der Waals surface area (Å²) in [7, 11) is 0. The van der Waals surface area contributed by atoms with Crippen molar-refractivity contribution in [1.82, 2.24) is 0 Å². The first-order valence-electron chi connectivity index (χ1n) is 7.23. The lowest BCUT2D eigenvalue weighted by molar-refractivity contribution is 0.213. The number of rotatable bonds is 4. The van der Waals surface area contributed by atoms with Crippen molar-refractivity contribution in [2.75, 3.05) is 5.88 Å². The fraction of sp³-hybridized carbons (Fsp3) is 0.333. The molecule has 2 aromatic carbocycles. The molecule has 3 heteroatoms. The van der Waals surface area contributed by atoms with Crippen LogP contribution in [-0.4, -0.2) is 12.0 Å². The fourth-order valence-electron chi connectivity index (χ4n) is 2.95. The predicted molar refractivity (Wildman–Crippen MR) is 88.8 cm³/mol. The molecule has 0 aliphatic carbocycles. The van der Waals surface area contributed by atoms with Crippen LogP contribution in [0.25, 0.3) is 0 Å². The Hall–Kier alpha value is -1.18. The number of alkyl halides is 1. The Kier molecular flexibility index (Phi) is 4.42. The second-order valence-corrected chi connectivity index (χ2v) is 6.44. The second-order valence-electron chi connectivity index (χ2n) is 5.70. The van der Waals surface area contributed by atoms with Crippen molar-refractivity contribution >= 4 is 23.2 Å². The number of benzene rings is 2. The van der Waals surface area contributed by atoms with Crippen LogP contribution >= 0.6 is 23.2 Å². The van der Waals surface area contributed by atoms with Gasteiger partial charge in [-0.25, -0.2) is 0 Å². The number of hydrogen-bond acceptors (Lipinski definition) is 1. The lowest BCUT2D eigenvalue weighted by Crippen LogP contribution is -2.18. The van der Waals surface area contributed by atoms with Crippen LogP contribution in [0, 0.1) is 6.92 Å². The minimum Gasteiger partial charge on any atom is -0.490 e. The van der Waals surface area contributed by atoms with Crippen LogP contribution in [0.15, 0.2) is 42.5 Å². The van der Waals surface area contributed by atoms with Gasteiger partial charge < -0.3 is 4.74 Å². The lowest BCUT2D eigenvalue weighted by atomic mass is 9.93. The van der Waals surface area contributed by atoms with Crippen molar-refractivity contribution < 1.29 is 4.74 Å². The normalized spacial score (nSPS) is 18.1. The van der Waals surface area contributed by atoms with Gasteiger partial charge in [0.15, 0.2) is 0 Å². The molecule has 0 spiro atoms. The van der Waals surface area contributed by atoms with Crippen LogP contribution in [0.4, 0.5) is 0 Å². The number of fused-ring (bicyclic) bond motifs is 1. The maximum Gasteiger partial charge on any atom is 0.123 e. The first kappa shape index (κ1) is 14.7. The number of aryl methyl sites for hydroxylation is 1. The van der Waals surface area contributed by atoms with E-state index in [-0.39, 0.29) is 12.0 Å². The third-order valence-electron chi connectivity index (χ3n) is 4.01. The summed E-state index contributed by atoms with van der Waals surface area (Å²) in [6.07, 6.45) is 2.08. The molecule has 0 N–H and O–H groups in total. The molecule has 0 radical (unpaired) electrons. The SMILES string of the molecule is Cc1ccc2c(c1)CC(CC(CCl)c1cccc(Cl)c1)O2. The molecule has 0 fully saturated rings. The van der Waals surface area contributed by atoms with E-state index in [4.69, 9.17) is 27.9 Å². The molecule has 2 atom stereocenters. The smallest absolute Gasteiger partial charge is 0.123 e. The Morgan fingerprint density at radius 3 is 2.86 bits per heavy atom. The van der Waals surface area contributed by atoms with Gasteiger partial charge in [-0.05, 0) is 42.7 Å². The molecular formula is C18H18Cl2O. The standard InChI is InChI=1S/C18H18Cl2O/c1-12-5-6-18-14(7-12)9-17(21-18)10-15(11-19)13-3-2-4-16(20)8-13/h2-8,15,17H,9-11H2,1H3. The Bertz CT molecular complexity index is 639. The summed E-state index contributed by atoms with van der Waals surface area (Å²) in [5, 5.41) is 0.758. The number of ether oxygens (including phenoxy) is 1. The minimum atomic E-state index is 0.199. The fourth-order valence-corrected chi connectivity index (χ4v) is 3.45. The van der Waals surface area contributed by atoms with Gasteiger partial charge in [-0.15, -0.1) is 11.6 Å². The van der Waals surface area contributed by atoms with Crippen LogP contribution in [0.2, 0.25) is 5.02 Å². The van der Waals surface area contributed by atoms with E-state index in [1.54, 1.807) is 0 Å². The summed E-state index contributed by atoms with van der Waals surface area (Å²) < 4.78 is 6.05. The van der Waals surface area contributed by atoms with E-state index < -0.39 is 0 Å². The van der Waals surface area contributed by atoms with Crippen molar-refractivity contribution in [2.45, 2.75) is 31.8 Å². The highest BCUT2D eigenvalue weighted by Crippen LogP contribution is 2.34. The molecule has 1 aliphatic rings. The lowest BCUT2D eigenvalue weighted by Gasteiger charge is -2.19. The van der Waals surface area contributed by atoms with Gasteiger partial charge in [0.05, 0.1) is 0 Å². The van der Waals surface area contributed by atoms with Gasteiger partial charge >= 0.3 is 0 Å². The molecule has 0 aromatic heterocycles. The van der Waals surface area contributed by atoms with Crippen LogP contribution in [0.3, 0.4) is 0 Å². The first-order chi connectivity index (χ1) is 10.2. The highest BCUT2D eigenvalue weighted by Gasteiger charge is 2.26. The largest absolute Gasteiger partial charge is 0.490 e. The summed E-state index contributed by atoms with van der Waals surface area (Å²) in [5.74, 6) is 1.87. The van der Waals surface area contributed by atoms with E-state index in [1.807, 2.05) is 18.2 Å². The van der Waals surface area contributed by atoms with Gasteiger partial charge in [0, 0.05) is 23.2 Å². The first-order valence-corrected chi connectivity index (χ1v) is 8.14. The monoisotopic (exact) mass is 320 g/mol. The number of halogens is 2. The molecular weight excluding hydrogens is 303 g/mol. The molecule has 110 valence electrons. The Balaban J connectivity index is 1.72. The summed E-state index contributed by atoms with van der Waals surface area (Å²) in [6, 6.07) is 14.3. The summed E-state index contributed by atoms with van der Waals surface area (Å²) in [5.41, 5.74) is 3.77. The zero-order valence-electron chi connectivity index (χ0n) is 12.0. The van der Waals surface area contributed by atoms with Gasteiger partial charge in [0.1, 0.15) is 11.9 Å². The molecule has 0 bridgehead atoms. The Morgan fingerprint density at radius 2 is 2.10 bits per heavy atom.